The second-order valence-electron chi connectivity index (χ2n) is 4.24. The van der Waals surface area contributed by atoms with Gasteiger partial charge in [-0.05, 0) is 32.5 Å². The molecule has 1 unspecified atom stereocenters. The number of nitrogen functional groups attached to an aromatic ring is 1. The van der Waals surface area contributed by atoms with Crippen LogP contribution in [0.2, 0.25) is 0 Å². The standard InChI is InChI=1S/C11H18N4O/c1-15-7-3-2-4-9(15)8-16-11-6-5-10(12)13-14-11/h5-6,9H,2-4,7-8H2,1H3,(H2,12,13). The lowest BCUT2D eigenvalue weighted by atomic mass is 10.0. The number of nitrogens with two attached hydrogens (primary N) is 1. The van der Waals surface area contributed by atoms with Gasteiger partial charge in [-0.25, -0.2) is 0 Å². The minimum atomic E-state index is 0.419. The number of aromatic nitrogens is 2. The first-order valence-corrected chi connectivity index (χ1v) is 5.68. The van der Waals surface area contributed by atoms with Crippen molar-refractivity contribution in [3.05, 3.63) is 12.1 Å². The summed E-state index contributed by atoms with van der Waals surface area (Å²) >= 11 is 0. The number of piperidine rings is 1. The first-order valence-electron chi connectivity index (χ1n) is 5.68. The van der Waals surface area contributed by atoms with Crippen LogP contribution in [0.3, 0.4) is 0 Å². The van der Waals surface area contributed by atoms with Crippen LogP contribution in [0.4, 0.5) is 5.82 Å². The summed E-state index contributed by atoms with van der Waals surface area (Å²) in [6.45, 7) is 1.83. The predicted molar refractivity (Wildman–Crippen MR) is 62.2 cm³/mol. The summed E-state index contributed by atoms with van der Waals surface area (Å²) in [6.07, 6.45) is 3.76. The van der Waals surface area contributed by atoms with E-state index in [-0.39, 0.29) is 0 Å². The Bertz CT molecular complexity index is 327. The van der Waals surface area contributed by atoms with Crippen molar-refractivity contribution in [2.75, 3.05) is 25.9 Å². The molecule has 0 spiro atoms. The van der Waals surface area contributed by atoms with Crippen molar-refractivity contribution in [1.29, 1.82) is 0 Å². The SMILES string of the molecule is CN1CCCCC1COc1ccc(N)nn1. The van der Waals surface area contributed by atoms with Crippen LogP contribution in [0.1, 0.15) is 19.3 Å². The average molecular weight is 222 g/mol. The molecule has 0 amide bonds. The van der Waals surface area contributed by atoms with Gasteiger partial charge in [0.05, 0.1) is 0 Å². The van der Waals surface area contributed by atoms with Crippen molar-refractivity contribution in [3.63, 3.8) is 0 Å². The highest BCUT2D eigenvalue weighted by molar-refractivity contribution is 5.27. The number of likely N-dealkylation sites (tertiary alicyclic amines) is 1. The zero-order chi connectivity index (χ0) is 11.4. The van der Waals surface area contributed by atoms with Crippen LogP contribution >= 0.6 is 0 Å². The molecule has 0 bridgehead atoms. The first kappa shape index (κ1) is 11.1. The molecule has 1 aromatic rings. The Hall–Kier alpha value is -1.36. The fourth-order valence-electron chi connectivity index (χ4n) is 1.94. The fraction of sp³-hybridized carbons (Fsp3) is 0.636. The molecule has 0 radical (unpaired) electrons. The maximum Gasteiger partial charge on any atom is 0.233 e. The highest BCUT2D eigenvalue weighted by Crippen LogP contribution is 2.16. The van der Waals surface area contributed by atoms with E-state index < -0.39 is 0 Å². The molecule has 1 aliphatic rings. The number of likely N-dealkylation sites (N-methyl/N-ethyl adjacent to an activating group) is 1. The molecule has 2 rings (SSSR count). The Morgan fingerprint density at radius 3 is 3.00 bits per heavy atom. The molecule has 0 aliphatic carbocycles. The quantitative estimate of drug-likeness (QED) is 0.824. The highest BCUT2D eigenvalue weighted by atomic mass is 16.5. The minimum Gasteiger partial charge on any atom is -0.475 e. The van der Waals surface area contributed by atoms with Gasteiger partial charge in [-0.1, -0.05) is 6.42 Å². The maximum atomic E-state index is 5.60. The first-order chi connectivity index (χ1) is 7.75. The lowest BCUT2D eigenvalue weighted by molar-refractivity contribution is 0.122. The third-order valence-corrected chi connectivity index (χ3v) is 3.01. The van der Waals surface area contributed by atoms with Crippen LogP contribution in [-0.2, 0) is 0 Å². The van der Waals surface area contributed by atoms with Gasteiger partial charge < -0.3 is 15.4 Å². The Labute approximate surface area is 95.6 Å². The van der Waals surface area contributed by atoms with Crippen LogP contribution in [0, 0.1) is 0 Å². The Morgan fingerprint density at radius 2 is 2.31 bits per heavy atom. The van der Waals surface area contributed by atoms with E-state index in [9.17, 15) is 0 Å². The molecule has 5 nitrogen and oxygen atoms in total. The molecule has 0 saturated carbocycles. The van der Waals surface area contributed by atoms with Crippen molar-refractivity contribution in [1.82, 2.24) is 15.1 Å². The zero-order valence-corrected chi connectivity index (χ0v) is 9.59. The normalized spacial score (nSPS) is 21.9. The summed E-state index contributed by atoms with van der Waals surface area (Å²) in [6, 6.07) is 3.95. The second-order valence-corrected chi connectivity index (χ2v) is 4.24. The summed E-state index contributed by atoms with van der Waals surface area (Å²) in [7, 11) is 2.14. The number of nitrogens with zero attached hydrogens (tertiary/aromatic N) is 3. The monoisotopic (exact) mass is 222 g/mol. The van der Waals surface area contributed by atoms with Crippen LogP contribution in [0.5, 0.6) is 5.88 Å². The molecule has 16 heavy (non-hydrogen) atoms. The molecule has 1 aliphatic heterocycles. The number of hydrogen-bond donors (Lipinski definition) is 1. The fourth-order valence-corrected chi connectivity index (χ4v) is 1.94. The Morgan fingerprint density at radius 1 is 1.44 bits per heavy atom. The third kappa shape index (κ3) is 2.82. The van der Waals surface area contributed by atoms with Gasteiger partial charge in [0.1, 0.15) is 12.4 Å². The smallest absolute Gasteiger partial charge is 0.233 e. The van der Waals surface area contributed by atoms with Gasteiger partial charge in [0, 0.05) is 12.1 Å². The van der Waals surface area contributed by atoms with Gasteiger partial charge in [-0.3, -0.25) is 0 Å². The van der Waals surface area contributed by atoms with Gasteiger partial charge in [0.25, 0.3) is 0 Å². The largest absolute Gasteiger partial charge is 0.475 e. The maximum absolute atomic E-state index is 5.60. The minimum absolute atomic E-state index is 0.419. The van der Waals surface area contributed by atoms with E-state index in [1.165, 1.54) is 19.3 Å². The van der Waals surface area contributed by atoms with Crippen molar-refractivity contribution in [3.8, 4) is 5.88 Å². The summed E-state index contributed by atoms with van der Waals surface area (Å²) in [5, 5.41) is 7.62. The van der Waals surface area contributed by atoms with E-state index in [0.717, 1.165) is 6.54 Å². The third-order valence-electron chi connectivity index (χ3n) is 3.01. The van der Waals surface area contributed by atoms with Crippen molar-refractivity contribution in [2.24, 2.45) is 0 Å². The topological polar surface area (TPSA) is 64.3 Å². The molecule has 1 atom stereocenters. The van der Waals surface area contributed by atoms with Gasteiger partial charge in [-0.2, -0.15) is 0 Å². The Balaban J connectivity index is 1.84. The number of hydrogen-bond acceptors (Lipinski definition) is 5. The lowest BCUT2D eigenvalue weighted by Gasteiger charge is -2.31. The van der Waals surface area contributed by atoms with E-state index in [4.69, 9.17) is 10.5 Å². The van der Waals surface area contributed by atoms with Gasteiger partial charge in [-0.15, -0.1) is 10.2 Å². The average Bonchev–Trinajstić information content (AvgIpc) is 2.30. The molecule has 0 aromatic carbocycles. The second kappa shape index (κ2) is 5.12. The molecule has 1 saturated heterocycles. The van der Waals surface area contributed by atoms with Gasteiger partial charge >= 0.3 is 0 Å². The van der Waals surface area contributed by atoms with Crippen molar-refractivity contribution >= 4 is 5.82 Å². The molecule has 2 N–H and O–H groups in total. The van der Waals surface area contributed by atoms with E-state index in [2.05, 4.69) is 22.1 Å². The van der Waals surface area contributed by atoms with E-state index in [1.807, 2.05) is 0 Å². The number of anilines is 1. The van der Waals surface area contributed by atoms with Gasteiger partial charge in [0.15, 0.2) is 0 Å². The van der Waals surface area contributed by atoms with Crippen LogP contribution in [0.15, 0.2) is 12.1 Å². The zero-order valence-electron chi connectivity index (χ0n) is 9.59. The van der Waals surface area contributed by atoms with Crippen LogP contribution < -0.4 is 10.5 Å². The highest BCUT2D eigenvalue weighted by Gasteiger charge is 2.19. The molecule has 1 fully saturated rings. The molecule has 88 valence electrons. The van der Waals surface area contributed by atoms with Crippen LogP contribution in [-0.4, -0.2) is 41.3 Å². The molecule has 1 aromatic heterocycles. The Kier molecular flexibility index (Phi) is 3.56. The molecule has 5 heteroatoms. The van der Waals surface area contributed by atoms with E-state index in [1.54, 1.807) is 12.1 Å². The van der Waals surface area contributed by atoms with Crippen LogP contribution in [0.25, 0.3) is 0 Å². The van der Waals surface area contributed by atoms with Gasteiger partial charge in [0.2, 0.25) is 5.88 Å². The van der Waals surface area contributed by atoms with E-state index >= 15 is 0 Å². The molecular weight excluding hydrogens is 204 g/mol. The predicted octanol–water partition coefficient (Wildman–Crippen LogP) is 0.922. The number of rotatable bonds is 3. The van der Waals surface area contributed by atoms with Crippen molar-refractivity contribution < 1.29 is 4.74 Å². The summed E-state index contributed by atoms with van der Waals surface area (Å²) in [4.78, 5) is 2.34. The molecule has 2 heterocycles. The van der Waals surface area contributed by atoms with Crippen molar-refractivity contribution in [2.45, 2.75) is 25.3 Å². The lowest BCUT2D eigenvalue weighted by Crippen LogP contribution is -2.40. The van der Waals surface area contributed by atoms with E-state index in [0.29, 0.717) is 24.3 Å². The summed E-state index contributed by atoms with van der Waals surface area (Å²) < 4.78 is 5.60. The number of ether oxygens (including phenoxy) is 1. The summed E-state index contributed by atoms with van der Waals surface area (Å²) in [5.41, 5.74) is 5.45. The summed E-state index contributed by atoms with van der Waals surface area (Å²) in [5.74, 6) is 0.968. The molecular formula is C11H18N4O.